The number of urea groups is 1. The van der Waals surface area contributed by atoms with Gasteiger partial charge in [0.2, 0.25) is 5.91 Å². The summed E-state index contributed by atoms with van der Waals surface area (Å²) in [5.41, 5.74) is -0.292. The maximum Gasteiger partial charge on any atom is 0.387 e. The number of alkyl halides is 2. The summed E-state index contributed by atoms with van der Waals surface area (Å²) in [5, 5.41) is 5.33. The van der Waals surface area contributed by atoms with Crippen LogP contribution in [-0.4, -0.2) is 41.7 Å². The summed E-state index contributed by atoms with van der Waals surface area (Å²) in [4.78, 5) is 51.1. The highest BCUT2D eigenvalue weighted by Crippen LogP contribution is 2.30. The zero-order valence-corrected chi connectivity index (χ0v) is 19.5. The van der Waals surface area contributed by atoms with Crippen molar-refractivity contribution in [2.45, 2.75) is 51.7 Å². The molecule has 0 bridgehead atoms. The minimum Gasteiger partial charge on any atom is -0.435 e. The van der Waals surface area contributed by atoms with Gasteiger partial charge in [0.15, 0.2) is 5.78 Å². The number of unbranched alkanes of at least 4 members (excludes halogenated alkanes) is 2. The molecule has 4 amide bonds. The lowest BCUT2D eigenvalue weighted by molar-refractivity contribution is -0.130. The van der Waals surface area contributed by atoms with Gasteiger partial charge in [0, 0.05) is 17.7 Å². The second-order valence-electron chi connectivity index (χ2n) is 8.36. The Morgan fingerprint density at radius 2 is 1.71 bits per heavy atom. The lowest BCUT2D eigenvalue weighted by Gasteiger charge is -2.22. The highest BCUT2D eigenvalue weighted by molar-refractivity contribution is 6.11. The standard InChI is InChI=1S/C25H27F2N3O5/c1-3-4-5-6-21(32)28-18-11-7-16(8-12-18)20(31)15-30-22(33)25(2,29-24(30)34)17-9-13-19(14-10-17)35-23(26)27/h7-14,23H,3-6,15H2,1-2H3,(H,28,32)(H,29,34)/t25-/m1/s1. The van der Waals surface area contributed by atoms with Crippen LogP contribution >= 0.6 is 0 Å². The van der Waals surface area contributed by atoms with Crippen molar-refractivity contribution in [3.63, 3.8) is 0 Å². The fourth-order valence-corrected chi connectivity index (χ4v) is 3.74. The second-order valence-corrected chi connectivity index (χ2v) is 8.36. The van der Waals surface area contributed by atoms with Gasteiger partial charge >= 0.3 is 12.6 Å². The molecule has 186 valence electrons. The molecule has 3 rings (SSSR count). The van der Waals surface area contributed by atoms with Crippen molar-refractivity contribution in [2.75, 3.05) is 11.9 Å². The minimum absolute atomic E-state index is 0.0863. The third-order valence-corrected chi connectivity index (χ3v) is 5.73. The van der Waals surface area contributed by atoms with Gasteiger partial charge in [-0.25, -0.2) is 4.79 Å². The Morgan fingerprint density at radius 1 is 1.06 bits per heavy atom. The summed E-state index contributed by atoms with van der Waals surface area (Å²) >= 11 is 0. The predicted octanol–water partition coefficient (Wildman–Crippen LogP) is 4.46. The third kappa shape index (κ3) is 6.20. The van der Waals surface area contributed by atoms with E-state index in [1.54, 1.807) is 12.1 Å². The Hall–Kier alpha value is -3.82. The van der Waals surface area contributed by atoms with E-state index in [9.17, 15) is 28.0 Å². The van der Waals surface area contributed by atoms with Gasteiger partial charge in [-0.15, -0.1) is 0 Å². The molecule has 0 radical (unpaired) electrons. The number of Topliss-reactive ketones (excluding diaryl/α,β-unsaturated/α-hetero) is 1. The number of imide groups is 1. The number of nitrogens with zero attached hydrogens (tertiary/aromatic N) is 1. The van der Waals surface area contributed by atoms with Gasteiger partial charge in [0.25, 0.3) is 5.91 Å². The number of rotatable bonds is 11. The van der Waals surface area contributed by atoms with Crippen LogP contribution in [0.4, 0.5) is 19.3 Å². The van der Waals surface area contributed by atoms with Crippen LogP contribution in [0.3, 0.4) is 0 Å². The maximum absolute atomic E-state index is 13.0. The molecule has 0 unspecified atom stereocenters. The van der Waals surface area contributed by atoms with Crippen LogP contribution in [0.2, 0.25) is 0 Å². The minimum atomic E-state index is -2.98. The molecule has 1 heterocycles. The van der Waals surface area contributed by atoms with Crippen molar-refractivity contribution in [1.82, 2.24) is 10.2 Å². The first-order valence-electron chi connectivity index (χ1n) is 11.3. The van der Waals surface area contributed by atoms with E-state index in [1.165, 1.54) is 43.3 Å². The Morgan fingerprint density at radius 3 is 2.31 bits per heavy atom. The number of ketones is 1. The van der Waals surface area contributed by atoms with E-state index in [-0.39, 0.29) is 17.2 Å². The van der Waals surface area contributed by atoms with Crippen molar-refractivity contribution in [3.8, 4) is 5.75 Å². The Kier molecular flexibility index (Phi) is 8.16. The van der Waals surface area contributed by atoms with Gasteiger partial charge in [-0.1, -0.05) is 31.9 Å². The van der Waals surface area contributed by atoms with E-state index in [0.29, 0.717) is 17.7 Å². The van der Waals surface area contributed by atoms with Gasteiger partial charge in [-0.3, -0.25) is 19.3 Å². The van der Waals surface area contributed by atoms with Crippen molar-refractivity contribution >= 4 is 29.3 Å². The molecule has 0 aliphatic carbocycles. The zero-order valence-electron chi connectivity index (χ0n) is 19.5. The van der Waals surface area contributed by atoms with E-state index in [2.05, 4.69) is 22.3 Å². The number of carbonyl (C=O) groups is 4. The number of nitrogens with one attached hydrogen (secondary N) is 2. The zero-order chi connectivity index (χ0) is 25.6. The van der Waals surface area contributed by atoms with E-state index in [0.717, 1.165) is 24.2 Å². The van der Waals surface area contributed by atoms with Crippen molar-refractivity contribution < 1.29 is 32.7 Å². The molecule has 1 aliphatic rings. The van der Waals surface area contributed by atoms with Crippen LogP contribution in [0.25, 0.3) is 0 Å². The highest BCUT2D eigenvalue weighted by Gasteiger charge is 2.49. The summed E-state index contributed by atoms with van der Waals surface area (Å²) in [6.45, 7) is 0.0645. The van der Waals surface area contributed by atoms with E-state index < -0.39 is 36.4 Å². The van der Waals surface area contributed by atoms with Crippen LogP contribution in [0.15, 0.2) is 48.5 Å². The fourth-order valence-electron chi connectivity index (χ4n) is 3.74. The average Bonchev–Trinajstić information content (AvgIpc) is 3.03. The molecule has 2 aromatic rings. The lowest BCUT2D eigenvalue weighted by Crippen LogP contribution is -2.41. The first kappa shape index (κ1) is 25.8. The van der Waals surface area contributed by atoms with Crippen molar-refractivity contribution in [1.29, 1.82) is 0 Å². The molecule has 2 N–H and O–H groups in total. The Labute approximate surface area is 201 Å². The van der Waals surface area contributed by atoms with Gasteiger partial charge in [-0.05, 0) is 55.3 Å². The number of anilines is 1. The number of hydrogen-bond acceptors (Lipinski definition) is 5. The molecule has 2 aromatic carbocycles. The summed E-state index contributed by atoms with van der Waals surface area (Å²) in [6.07, 6.45) is 3.21. The smallest absolute Gasteiger partial charge is 0.387 e. The molecule has 10 heteroatoms. The van der Waals surface area contributed by atoms with Crippen LogP contribution < -0.4 is 15.4 Å². The maximum atomic E-state index is 13.0. The quantitative estimate of drug-likeness (QED) is 0.277. The molecule has 1 atom stereocenters. The average molecular weight is 488 g/mol. The molecule has 35 heavy (non-hydrogen) atoms. The number of halogens is 2. The van der Waals surface area contributed by atoms with Gasteiger partial charge < -0.3 is 15.4 Å². The molecule has 0 spiro atoms. The largest absolute Gasteiger partial charge is 0.435 e. The fraction of sp³-hybridized carbons (Fsp3) is 0.360. The molecule has 0 aromatic heterocycles. The number of carbonyl (C=O) groups excluding carboxylic acids is 4. The van der Waals surface area contributed by atoms with Gasteiger partial charge in [0.05, 0.1) is 6.54 Å². The molecule has 1 aliphatic heterocycles. The molecule has 1 saturated heterocycles. The van der Waals surface area contributed by atoms with E-state index in [1.807, 2.05) is 0 Å². The summed E-state index contributed by atoms with van der Waals surface area (Å²) in [7, 11) is 0. The van der Waals surface area contributed by atoms with Gasteiger partial charge in [-0.2, -0.15) is 8.78 Å². The van der Waals surface area contributed by atoms with Crippen LogP contribution in [0.1, 0.15) is 55.5 Å². The topological polar surface area (TPSA) is 105 Å². The van der Waals surface area contributed by atoms with Crippen molar-refractivity contribution in [2.24, 2.45) is 0 Å². The normalized spacial score (nSPS) is 17.5. The number of ether oxygens (including phenoxy) is 1. The predicted molar refractivity (Wildman–Crippen MR) is 124 cm³/mol. The Balaban J connectivity index is 1.63. The van der Waals surface area contributed by atoms with E-state index in [4.69, 9.17) is 0 Å². The molecule has 8 nitrogen and oxygen atoms in total. The summed E-state index contributed by atoms with van der Waals surface area (Å²) in [5.74, 6) is -1.30. The van der Waals surface area contributed by atoms with Crippen LogP contribution in [0.5, 0.6) is 5.75 Å². The molecule has 1 fully saturated rings. The molecular weight excluding hydrogens is 460 g/mol. The highest BCUT2D eigenvalue weighted by atomic mass is 19.3. The van der Waals surface area contributed by atoms with Crippen molar-refractivity contribution in [3.05, 3.63) is 59.7 Å². The number of benzene rings is 2. The Bertz CT molecular complexity index is 1090. The lowest BCUT2D eigenvalue weighted by atomic mass is 9.92. The number of hydrogen-bond donors (Lipinski definition) is 2. The molecule has 0 saturated carbocycles. The van der Waals surface area contributed by atoms with Gasteiger partial charge in [0.1, 0.15) is 11.3 Å². The monoisotopic (exact) mass is 487 g/mol. The van der Waals surface area contributed by atoms with Crippen LogP contribution in [0, 0.1) is 0 Å². The SMILES string of the molecule is CCCCCC(=O)Nc1ccc(C(=O)CN2C(=O)N[C@](C)(c3ccc(OC(F)F)cc3)C2=O)cc1. The summed E-state index contributed by atoms with van der Waals surface area (Å²) in [6, 6.07) is 10.8. The second kappa shape index (κ2) is 11.1. The number of amides is 4. The van der Waals surface area contributed by atoms with E-state index >= 15 is 0 Å². The van der Waals surface area contributed by atoms with Crippen LogP contribution in [-0.2, 0) is 15.1 Å². The first-order chi connectivity index (χ1) is 16.6. The molecular formula is C25H27F2N3O5. The third-order valence-electron chi connectivity index (χ3n) is 5.73. The first-order valence-corrected chi connectivity index (χ1v) is 11.3. The summed E-state index contributed by atoms with van der Waals surface area (Å²) < 4.78 is 29.0.